The first-order valence-electron chi connectivity index (χ1n) is 14.9. The van der Waals surface area contributed by atoms with Crippen molar-refractivity contribution in [3.63, 3.8) is 0 Å². The first kappa shape index (κ1) is 32.0. The standard InChI is InChI=1S/C36H48FN3O/c1-11-14-27-20-29(21-27)40-34-22-28(15-16-30(34)36(9,10)35(40)41)24(6)19-32(38-17-12-2)25(7)26(8)39-33(18-23(4)5)31(37)13-3/h13,15-19,22,27,29,39H,3,6,11-12,14,20-21H2,1-2,4-5,7-10H3/b26-25+,32-19+,33-31-,38-17?. The highest BCUT2D eigenvalue weighted by Gasteiger charge is 2.49. The number of nitrogens with one attached hydrogen (secondary N) is 1. The molecule has 1 N–H and O–H groups in total. The third-order valence-electron chi connectivity index (χ3n) is 8.19. The lowest BCUT2D eigenvalue weighted by Gasteiger charge is -2.42. The van der Waals surface area contributed by atoms with Crippen LogP contribution >= 0.6 is 0 Å². The van der Waals surface area contributed by atoms with Gasteiger partial charge in [-0.2, -0.15) is 0 Å². The van der Waals surface area contributed by atoms with Crippen LogP contribution in [0.3, 0.4) is 0 Å². The second kappa shape index (κ2) is 13.5. The Labute approximate surface area is 247 Å². The van der Waals surface area contributed by atoms with Crippen LogP contribution in [0, 0.1) is 5.92 Å². The van der Waals surface area contributed by atoms with Crippen LogP contribution in [0.4, 0.5) is 10.1 Å². The molecule has 0 aromatic heterocycles. The maximum atomic E-state index is 14.5. The van der Waals surface area contributed by atoms with Crippen LogP contribution in [0.25, 0.3) is 5.57 Å². The Balaban J connectivity index is 1.99. The normalized spacial score (nSPS) is 21.1. The summed E-state index contributed by atoms with van der Waals surface area (Å²) in [6, 6.07) is 6.52. The minimum absolute atomic E-state index is 0.187. The molecular weight excluding hydrogens is 509 g/mol. The third-order valence-corrected chi connectivity index (χ3v) is 8.19. The van der Waals surface area contributed by atoms with Crippen molar-refractivity contribution in [2.24, 2.45) is 10.9 Å². The highest BCUT2D eigenvalue weighted by Crippen LogP contribution is 2.48. The van der Waals surface area contributed by atoms with Crippen LogP contribution in [-0.4, -0.2) is 18.2 Å². The van der Waals surface area contributed by atoms with Crippen molar-refractivity contribution < 1.29 is 9.18 Å². The molecule has 1 aromatic rings. The summed E-state index contributed by atoms with van der Waals surface area (Å²) in [6.07, 6.45) is 12.1. The van der Waals surface area contributed by atoms with E-state index in [1.807, 2.05) is 60.8 Å². The lowest BCUT2D eigenvalue weighted by molar-refractivity contribution is -0.123. The molecule has 1 amide bonds. The Morgan fingerprint density at radius 3 is 2.44 bits per heavy atom. The average Bonchev–Trinajstić information content (AvgIpc) is 3.10. The number of nitrogens with zero attached hydrogens (tertiary/aromatic N) is 2. The molecule has 0 atom stereocenters. The molecule has 0 unspecified atom stereocenters. The number of benzene rings is 1. The molecule has 0 spiro atoms. The summed E-state index contributed by atoms with van der Waals surface area (Å²) in [4.78, 5) is 20.4. The summed E-state index contributed by atoms with van der Waals surface area (Å²) >= 11 is 0. The maximum absolute atomic E-state index is 14.5. The van der Waals surface area contributed by atoms with Gasteiger partial charge >= 0.3 is 0 Å². The number of carbonyl (C=O) groups is 1. The Morgan fingerprint density at radius 1 is 1.17 bits per heavy atom. The predicted octanol–water partition coefficient (Wildman–Crippen LogP) is 9.48. The smallest absolute Gasteiger partial charge is 0.237 e. The van der Waals surface area contributed by atoms with Crippen LogP contribution in [-0.2, 0) is 10.2 Å². The van der Waals surface area contributed by atoms with Gasteiger partial charge in [0.25, 0.3) is 0 Å². The van der Waals surface area contributed by atoms with Crippen LogP contribution in [0.5, 0.6) is 0 Å². The van der Waals surface area contributed by atoms with E-state index in [2.05, 4.69) is 48.5 Å². The number of aliphatic imine (C=N–C) groups is 1. The van der Waals surface area contributed by atoms with E-state index in [1.165, 1.54) is 18.9 Å². The fourth-order valence-corrected chi connectivity index (χ4v) is 5.63. The first-order chi connectivity index (χ1) is 19.3. The predicted molar refractivity (Wildman–Crippen MR) is 174 cm³/mol. The van der Waals surface area contributed by atoms with Crippen molar-refractivity contribution in [3.8, 4) is 0 Å². The summed E-state index contributed by atoms with van der Waals surface area (Å²) in [5.74, 6) is 0.480. The van der Waals surface area contributed by atoms with E-state index in [0.717, 1.165) is 64.2 Å². The van der Waals surface area contributed by atoms with Crippen molar-refractivity contribution in [2.75, 3.05) is 4.90 Å². The van der Waals surface area contributed by atoms with Gasteiger partial charge in [-0.15, -0.1) is 0 Å². The summed E-state index contributed by atoms with van der Waals surface area (Å²) in [7, 11) is 0. The molecule has 1 aliphatic heterocycles. The van der Waals surface area contributed by atoms with Gasteiger partial charge in [0, 0.05) is 23.6 Å². The molecule has 4 nitrogen and oxygen atoms in total. The van der Waals surface area contributed by atoms with Gasteiger partial charge in [0.05, 0.1) is 16.8 Å². The zero-order valence-electron chi connectivity index (χ0n) is 26.3. The third kappa shape index (κ3) is 7.06. The van der Waals surface area contributed by atoms with E-state index in [4.69, 9.17) is 4.99 Å². The summed E-state index contributed by atoms with van der Waals surface area (Å²) in [5.41, 5.74) is 7.02. The van der Waals surface area contributed by atoms with Crippen LogP contribution in [0.15, 0.2) is 88.6 Å². The Kier molecular flexibility index (Phi) is 10.5. The molecule has 0 saturated heterocycles. The van der Waals surface area contributed by atoms with E-state index in [-0.39, 0.29) is 11.9 Å². The topological polar surface area (TPSA) is 44.7 Å². The summed E-state index contributed by atoms with van der Waals surface area (Å²) in [6.45, 7) is 24.0. The van der Waals surface area contributed by atoms with Gasteiger partial charge in [-0.3, -0.25) is 9.79 Å². The van der Waals surface area contributed by atoms with Gasteiger partial charge in [-0.25, -0.2) is 4.39 Å². The number of carbonyl (C=O) groups excluding carboxylic acids is 1. The largest absolute Gasteiger partial charge is 0.356 e. The number of fused-ring (bicyclic) bond motifs is 1. The highest BCUT2D eigenvalue weighted by atomic mass is 19.1. The molecule has 1 saturated carbocycles. The molecule has 0 radical (unpaired) electrons. The minimum atomic E-state index is -0.545. The van der Waals surface area contributed by atoms with E-state index < -0.39 is 11.2 Å². The summed E-state index contributed by atoms with van der Waals surface area (Å²) in [5, 5.41) is 3.21. The van der Waals surface area contributed by atoms with E-state index in [1.54, 1.807) is 6.08 Å². The van der Waals surface area contributed by atoms with Crippen molar-refractivity contribution in [1.29, 1.82) is 0 Å². The molecular formula is C36H48FN3O. The second-order valence-corrected chi connectivity index (χ2v) is 12.1. The van der Waals surface area contributed by atoms with Gasteiger partial charge < -0.3 is 10.2 Å². The lowest BCUT2D eigenvalue weighted by atomic mass is 9.76. The van der Waals surface area contributed by atoms with Crippen molar-refractivity contribution in [3.05, 3.63) is 94.8 Å². The zero-order chi connectivity index (χ0) is 30.5. The summed E-state index contributed by atoms with van der Waals surface area (Å²) < 4.78 is 14.5. The Bertz CT molecular complexity index is 1340. The highest BCUT2D eigenvalue weighted by molar-refractivity contribution is 6.08. The van der Waals surface area contributed by atoms with Crippen molar-refractivity contribution in [2.45, 2.75) is 99.0 Å². The van der Waals surface area contributed by atoms with E-state index in [9.17, 15) is 9.18 Å². The number of halogens is 1. The quantitative estimate of drug-likeness (QED) is 0.205. The van der Waals surface area contributed by atoms with Crippen LogP contribution in [0.1, 0.15) is 98.6 Å². The van der Waals surface area contributed by atoms with Crippen LogP contribution in [0.2, 0.25) is 0 Å². The fraction of sp³-hybridized carbons (Fsp3) is 0.444. The van der Waals surface area contributed by atoms with Crippen LogP contribution < -0.4 is 10.2 Å². The van der Waals surface area contributed by atoms with Gasteiger partial charge in [0.1, 0.15) is 5.83 Å². The molecule has 1 heterocycles. The molecule has 1 aliphatic carbocycles. The monoisotopic (exact) mass is 557 g/mol. The lowest BCUT2D eigenvalue weighted by Crippen LogP contribution is -2.49. The van der Waals surface area contributed by atoms with Gasteiger partial charge in [-0.05, 0) is 113 Å². The Hall–Kier alpha value is -3.47. The molecule has 41 heavy (non-hydrogen) atoms. The molecule has 1 aromatic carbocycles. The van der Waals surface area contributed by atoms with E-state index >= 15 is 0 Å². The second-order valence-electron chi connectivity index (χ2n) is 12.1. The number of anilines is 1. The Morgan fingerprint density at radius 2 is 1.85 bits per heavy atom. The maximum Gasteiger partial charge on any atom is 0.237 e. The molecule has 2 aliphatic rings. The number of allylic oxidation sites excluding steroid dienone is 8. The van der Waals surface area contributed by atoms with Gasteiger partial charge in [0.2, 0.25) is 5.91 Å². The van der Waals surface area contributed by atoms with Crippen molar-refractivity contribution >= 4 is 23.4 Å². The van der Waals surface area contributed by atoms with Crippen molar-refractivity contribution in [1.82, 2.24) is 5.32 Å². The van der Waals surface area contributed by atoms with Gasteiger partial charge in [0.15, 0.2) is 0 Å². The molecule has 1 fully saturated rings. The molecule has 3 rings (SSSR count). The number of hydrogen-bond acceptors (Lipinski definition) is 3. The fourth-order valence-electron chi connectivity index (χ4n) is 5.63. The SMILES string of the molecule is C=C/C(F)=C(\C=C(C)C)N/C(C)=C(C)/C(=C\C(=C)c1ccc2c(c1)N(C1CC(CCC)C1)C(=O)C2(C)C)N=CCC. The zero-order valence-corrected chi connectivity index (χ0v) is 26.3. The van der Waals surface area contributed by atoms with Gasteiger partial charge in [-0.1, -0.05) is 57.6 Å². The average molecular weight is 558 g/mol. The minimum Gasteiger partial charge on any atom is -0.356 e. The number of hydrogen-bond donors (Lipinski definition) is 1. The number of rotatable bonds is 12. The molecule has 220 valence electrons. The van der Waals surface area contributed by atoms with E-state index in [0.29, 0.717) is 11.6 Å². The molecule has 0 bridgehead atoms. The number of amides is 1. The first-order valence-corrected chi connectivity index (χ1v) is 14.9. The molecule has 5 heteroatoms.